The number of amides is 1. The number of nitro benzene ring substituents is 1. The number of nitrogens with two attached hydrogens (primary N) is 1. The van der Waals surface area contributed by atoms with Gasteiger partial charge in [0.15, 0.2) is 11.5 Å². The quantitative estimate of drug-likeness (QED) is 0.641. The molecule has 102 valence electrons. The summed E-state index contributed by atoms with van der Waals surface area (Å²) >= 11 is 0. The van der Waals surface area contributed by atoms with Gasteiger partial charge in [-0.1, -0.05) is 6.07 Å². The number of carbonyl (C=O) groups excluding carboxylic acids is 1. The number of benzene rings is 1. The van der Waals surface area contributed by atoms with Crippen LogP contribution in [0.3, 0.4) is 0 Å². The van der Waals surface area contributed by atoms with Crippen molar-refractivity contribution in [2.45, 2.75) is 25.3 Å². The van der Waals surface area contributed by atoms with E-state index in [-0.39, 0.29) is 5.92 Å². The molecule has 19 heavy (non-hydrogen) atoms. The van der Waals surface area contributed by atoms with Crippen molar-refractivity contribution in [1.29, 1.82) is 0 Å². The Labute approximate surface area is 108 Å². The molecule has 1 fully saturated rings. The molecule has 1 atom stereocenters. The van der Waals surface area contributed by atoms with E-state index in [0.29, 0.717) is 0 Å². The molecule has 0 saturated heterocycles. The van der Waals surface area contributed by atoms with Crippen molar-refractivity contribution in [3.63, 3.8) is 0 Å². The Bertz CT molecular complexity index is 541. The van der Waals surface area contributed by atoms with Crippen molar-refractivity contribution in [2.75, 3.05) is 5.32 Å². The molecule has 0 spiro atoms. The van der Waals surface area contributed by atoms with E-state index >= 15 is 0 Å². The van der Waals surface area contributed by atoms with Crippen molar-refractivity contribution in [3.8, 4) is 0 Å². The molecule has 1 aliphatic rings. The first-order valence-corrected chi connectivity index (χ1v) is 5.87. The van der Waals surface area contributed by atoms with Gasteiger partial charge in [-0.05, 0) is 31.7 Å². The van der Waals surface area contributed by atoms with Crippen LogP contribution in [0.5, 0.6) is 0 Å². The van der Waals surface area contributed by atoms with Gasteiger partial charge in [-0.3, -0.25) is 14.9 Å². The number of hydrogen-bond acceptors (Lipinski definition) is 4. The fraction of sp³-hybridized carbons (Fsp3) is 0.417. The van der Waals surface area contributed by atoms with Crippen LogP contribution in [0.1, 0.15) is 19.8 Å². The van der Waals surface area contributed by atoms with E-state index in [9.17, 15) is 19.3 Å². The Hall–Kier alpha value is -2.02. The zero-order valence-corrected chi connectivity index (χ0v) is 10.4. The standard InChI is InChI=1S/C12H14FN3O3/c1-12(14,7-5-6-7)11(17)15-10-8(13)3-2-4-9(10)16(18)19/h2-4,7H,5-6,14H2,1H3,(H,15,17). The van der Waals surface area contributed by atoms with Crippen molar-refractivity contribution in [2.24, 2.45) is 11.7 Å². The molecule has 0 heterocycles. The summed E-state index contributed by atoms with van der Waals surface area (Å²) in [5, 5.41) is 13.0. The van der Waals surface area contributed by atoms with Gasteiger partial charge in [0.2, 0.25) is 5.91 Å². The van der Waals surface area contributed by atoms with Gasteiger partial charge in [-0.2, -0.15) is 0 Å². The largest absolute Gasteiger partial charge is 0.317 e. The van der Waals surface area contributed by atoms with Gasteiger partial charge < -0.3 is 11.1 Å². The summed E-state index contributed by atoms with van der Waals surface area (Å²) in [4.78, 5) is 22.1. The maximum atomic E-state index is 13.6. The molecule has 6 nitrogen and oxygen atoms in total. The number of para-hydroxylation sites is 1. The highest BCUT2D eigenvalue weighted by Crippen LogP contribution is 2.39. The highest BCUT2D eigenvalue weighted by molar-refractivity contribution is 5.99. The molecule has 1 amide bonds. The monoisotopic (exact) mass is 267 g/mol. The Morgan fingerprint density at radius 3 is 2.74 bits per heavy atom. The van der Waals surface area contributed by atoms with Crippen LogP contribution in [0.2, 0.25) is 0 Å². The summed E-state index contributed by atoms with van der Waals surface area (Å²) in [5.74, 6) is -1.42. The third-order valence-corrected chi connectivity index (χ3v) is 3.34. The second-order valence-electron chi connectivity index (χ2n) is 4.90. The summed E-state index contributed by atoms with van der Waals surface area (Å²) < 4.78 is 13.6. The first-order chi connectivity index (χ1) is 8.84. The van der Waals surface area contributed by atoms with Crippen LogP contribution in [0.15, 0.2) is 18.2 Å². The number of rotatable bonds is 4. The fourth-order valence-electron chi connectivity index (χ4n) is 1.91. The number of anilines is 1. The van der Waals surface area contributed by atoms with Crippen LogP contribution in [-0.2, 0) is 4.79 Å². The molecule has 2 rings (SSSR count). The predicted octanol–water partition coefficient (Wildman–Crippen LogP) is 1.80. The minimum atomic E-state index is -1.14. The molecule has 1 aliphatic carbocycles. The van der Waals surface area contributed by atoms with Gasteiger partial charge >= 0.3 is 0 Å². The van der Waals surface area contributed by atoms with Crippen LogP contribution in [0, 0.1) is 21.8 Å². The predicted molar refractivity (Wildman–Crippen MR) is 67.0 cm³/mol. The van der Waals surface area contributed by atoms with Gasteiger partial charge in [0, 0.05) is 6.07 Å². The van der Waals surface area contributed by atoms with E-state index in [1.54, 1.807) is 6.92 Å². The van der Waals surface area contributed by atoms with Gasteiger partial charge in [0.05, 0.1) is 10.5 Å². The van der Waals surface area contributed by atoms with Crippen LogP contribution >= 0.6 is 0 Å². The number of halogens is 1. The maximum Gasteiger partial charge on any atom is 0.295 e. The van der Waals surface area contributed by atoms with E-state index in [4.69, 9.17) is 5.73 Å². The van der Waals surface area contributed by atoms with Gasteiger partial charge in [0.1, 0.15) is 0 Å². The molecule has 3 N–H and O–H groups in total. The van der Waals surface area contributed by atoms with Crippen molar-refractivity contribution < 1.29 is 14.1 Å². The molecule has 1 aromatic carbocycles. The maximum absolute atomic E-state index is 13.6. The normalized spacial score (nSPS) is 17.6. The summed E-state index contributed by atoms with van der Waals surface area (Å²) in [5.41, 5.74) is 3.82. The molecule has 0 aliphatic heterocycles. The number of nitrogens with zero attached hydrogens (tertiary/aromatic N) is 1. The first-order valence-electron chi connectivity index (χ1n) is 5.87. The third-order valence-electron chi connectivity index (χ3n) is 3.34. The summed E-state index contributed by atoms with van der Waals surface area (Å²) in [6.45, 7) is 1.55. The van der Waals surface area contributed by atoms with Crippen molar-refractivity contribution >= 4 is 17.3 Å². The average molecular weight is 267 g/mol. The van der Waals surface area contributed by atoms with Gasteiger partial charge in [0.25, 0.3) is 5.69 Å². The van der Waals surface area contributed by atoms with E-state index < -0.39 is 33.6 Å². The molecule has 0 aromatic heterocycles. The van der Waals surface area contributed by atoms with Crippen LogP contribution in [0.25, 0.3) is 0 Å². The Kier molecular flexibility index (Phi) is 3.23. The molecule has 1 saturated carbocycles. The Balaban J connectivity index is 2.28. The summed E-state index contributed by atoms with van der Waals surface area (Å²) in [7, 11) is 0. The molecule has 0 radical (unpaired) electrons. The van der Waals surface area contributed by atoms with Crippen LogP contribution in [0.4, 0.5) is 15.8 Å². The fourth-order valence-corrected chi connectivity index (χ4v) is 1.91. The number of carbonyl (C=O) groups is 1. The highest BCUT2D eigenvalue weighted by Gasteiger charge is 2.44. The average Bonchev–Trinajstić information content (AvgIpc) is 3.15. The lowest BCUT2D eigenvalue weighted by Crippen LogP contribution is -2.50. The number of nitrogens with one attached hydrogen (secondary N) is 1. The Morgan fingerprint density at radius 1 is 1.58 bits per heavy atom. The van der Waals surface area contributed by atoms with Crippen LogP contribution in [-0.4, -0.2) is 16.4 Å². The van der Waals surface area contributed by atoms with Gasteiger partial charge in [-0.25, -0.2) is 4.39 Å². The number of nitro groups is 1. The molecule has 1 unspecified atom stereocenters. The van der Waals surface area contributed by atoms with Crippen LogP contribution < -0.4 is 11.1 Å². The number of hydrogen-bond donors (Lipinski definition) is 2. The smallest absolute Gasteiger partial charge is 0.295 e. The SMILES string of the molecule is CC(N)(C(=O)Nc1c(F)cccc1[N+](=O)[O-])C1CC1. The van der Waals surface area contributed by atoms with E-state index in [0.717, 1.165) is 25.0 Å². The zero-order valence-electron chi connectivity index (χ0n) is 10.4. The summed E-state index contributed by atoms with van der Waals surface area (Å²) in [6.07, 6.45) is 1.67. The second-order valence-corrected chi connectivity index (χ2v) is 4.90. The molecular formula is C12H14FN3O3. The lowest BCUT2D eigenvalue weighted by atomic mass is 9.96. The topological polar surface area (TPSA) is 98.3 Å². The van der Waals surface area contributed by atoms with E-state index in [2.05, 4.69) is 5.32 Å². The van der Waals surface area contributed by atoms with Crippen molar-refractivity contribution in [1.82, 2.24) is 0 Å². The summed E-state index contributed by atoms with van der Waals surface area (Å²) in [6, 6.07) is 3.39. The second kappa shape index (κ2) is 4.58. The molecule has 7 heteroatoms. The minimum Gasteiger partial charge on any atom is -0.317 e. The lowest BCUT2D eigenvalue weighted by molar-refractivity contribution is -0.384. The van der Waals surface area contributed by atoms with Crippen molar-refractivity contribution in [3.05, 3.63) is 34.1 Å². The highest BCUT2D eigenvalue weighted by atomic mass is 19.1. The minimum absolute atomic E-state index is 0.0401. The Morgan fingerprint density at radius 2 is 2.21 bits per heavy atom. The van der Waals surface area contributed by atoms with Gasteiger partial charge in [-0.15, -0.1) is 0 Å². The first kappa shape index (κ1) is 13.4. The molecular weight excluding hydrogens is 253 g/mol. The lowest BCUT2D eigenvalue weighted by Gasteiger charge is -2.23. The van der Waals surface area contributed by atoms with E-state index in [1.807, 2.05) is 0 Å². The molecule has 1 aromatic rings. The third kappa shape index (κ3) is 2.55. The molecule has 0 bridgehead atoms. The zero-order chi connectivity index (χ0) is 14.2. The van der Waals surface area contributed by atoms with E-state index in [1.165, 1.54) is 6.07 Å².